The van der Waals surface area contributed by atoms with E-state index < -0.39 is 14.9 Å². The third kappa shape index (κ3) is 7.12. The zero-order valence-corrected chi connectivity index (χ0v) is 10.5. The van der Waals surface area contributed by atoms with Crippen molar-refractivity contribution in [3.05, 3.63) is 0 Å². The van der Waals surface area contributed by atoms with E-state index in [1.807, 2.05) is 0 Å². The first kappa shape index (κ1) is 15.2. The molecule has 1 saturated heterocycles. The molecule has 0 N–H and O–H groups in total. The van der Waals surface area contributed by atoms with Gasteiger partial charge >= 0.3 is 14.9 Å². The van der Waals surface area contributed by atoms with Crippen LogP contribution in [0.25, 0.3) is 0 Å². The highest BCUT2D eigenvalue weighted by Crippen LogP contribution is 2.24. The van der Waals surface area contributed by atoms with Crippen LogP contribution in [0.4, 0.5) is 14.1 Å². The maximum absolute atomic E-state index is 9.85. The lowest BCUT2D eigenvalue weighted by molar-refractivity contribution is -1.10. The second-order valence-corrected chi connectivity index (χ2v) is 4.79. The molecule has 1 aliphatic heterocycles. The summed E-state index contributed by atoms with van der Waals surface area (Å²) in [7, 11) is 2.18. The average molecular weight is 247 g/mol. The maximum Gasteiger partial charge on any atom is 1.04 e. The Hall–Kier alpha value is 0.172. The monoisotopic (exact) mass is 247 g/mol. The smallest absolute Gasteiger partial charge is 0.510 e. The van der Waals surface area contributed by atoms with E-state index in [1.165, 1.54) is 19.4 Å². The van der Waals surface area contributed by atoms with Crippen LogP contribution in [0.3, 0.4) is 0 Å². The Labute approximate surface area is 91.9 Å². The normalized spacial score (nSPS) is 31.0. The second kappa shape index (κ2) is 6.04. The molecule has 15 heavy (non-hydrogen) atoms. The molecule has 2 unspecified atom stereocenters. The molecule has 2 nitrogen and oxygen atoms in total. The van der Waals surface area contributed by atoms with Gasteiger partial charge in [0.25, 0.3) is 0 Å². The molecular weight excluding hydrogens is 229 g/mol. The number of hydroxylamine groups is 3. The number of hydrogen-bond donors (Lipinski definition) is 0. The van der Waals surface area contributed by atoms with Gasteiger partial charge in [0.2, 0.25) is 0 Å². The predicted octanol–water partition coefficient (Wildman–Crippen LogP) is 2.87. The van der Waals surface area contributed by atoms with Gasteiger partial charge in [-0.3, -0.25) is 0 Å². The number of halogens is 4. The average Bonchev–Trinajstić information content (AvgIpc) is 2.29. The van der Waals surface area contributed by atoms with Gasteiger partial charge in [-0.2, -0.15) is 4.65 Å². The van der Waals surface area contributed by atoms with E-state index in [0.29, 0.717) is 6.04 Å². The van der Waals surface area contributed by atoms with Gasteiger partial charge in [-0.15, -0.1) is 0 Å². The molecule has 0 aromatic heterocycles. The first-order valence-corrected chi connectivity index (χ1v) is 6.80. The zero-order chi connectivity index (χ0) is 12.1. The molecule has 1 rings (SSSR count). The minimum Gasteiger partial charge on any atom is -0.510 e. The molecule has 1 aliphatic rings. The van der Waals surface area contributed by atoms with Gasteiger partial charge in [0.05, 0.1) is 7.05 Å². The summed E-state index contributed by atoms with van der Waals surface area (Å²) in [6.45, 7) is 6.35. The molecule has 7 heteroatoms. The van der Waals surface area contributed by atoms with Crippen molar-refractivity contribution in [2.45, 2.75) is 32.7 Å². The van der Waals surface area contributed by atoms with Crippen LogP contribution in [0, 0.1) is 0 Å². The maximum atomic E-state index is 9.85. The first-order chi connectivity index (χ1) is 6.69. The van der Waals surface area contributed by atoms with Gasteiger partial charge in [-0.25, -0.2) is 4.84 Å². The standard InChI is InChI=1S/C8H18NO.Al.4FH/c1-4-10-9(3)7-5-6-8(9)2;;;;;/h8H,4-7H2,1-3H3;;4*1H/q+1;+3;;;;/p-4. The molecule has 1 fully saturated rings. The highest BCUT2D eigenvalue weighted by atomic mass is 27.5. The summed E-state index contributed by atoms with van der Waals surface area (Å²) in [5, 5.41) is 0. The van der Waals surface area contributed by atoms with E-state index in [1.54, 1.807) is 0 Å². The predicted molar refractivity (Wildman–Crippen MR) is 51.6 cm³/mol. The number of likely N-dealkylation sites (tertiary alicyclic amines) is 1. The van der Waals surface area contributed by atoms with E-state index in [0.717, 1.165) is 11.3 Å². The van der Waals surface area contributed by atoms with E-state index in [2.05, 4.69) is 20.9 Å². The Bertz CT molecular complexity index is 184. The Balaban J connectivity index is 0.000000336. The van der Waals surface area contributed by atoms with Crippen molar-refractivity contribution >= 4 is 14.9 Å². The van der Waals surface area contributed by atoms with Crippen molar-refractivity contribution in [1.82, 2.24) is 0 Å². The lowest BCUT2D eigenvalue weighted by Gasteiger charge is -2.30. The van der Waals surface area contributed by atoms with Gasteiger partial charge in [-0.05, 0) is 13.8 Å². The SMILES string of the molecule is CCO[N+]1(C)CCCC1C.[F][Al-]([F])([F])[F]. The number of hydrogen-bond acceptors (Lipinski definition) is 1. The Morgan fingerprint density at radius 3 is 2.07 bits per heavy atom. The summed E-state index contributed by atoms with van der Waals surface area (Å²) in [6, 6.07) is 0.694. The number of rotatable bonds is 2. The van der Waals surface area contributed by atoms with E-state index in [4.69, 9.17) is 4.84 Å². The van der Waals surface area contributed by atoms with Gasteiger partial charge in [0, 0.05) is 12.8 Å². The summed E-state index contributed by atoms with van der Waals surface area (Å²) in [5.74, 6) is 0. The Morgan fingerprint density at radius 2 is 1.80 bits per heavy atom. The molecule has 0 aromatic rings. The van der Waals surface area contributed by atoms with Crippen molar-refractivity contribution in [1.29, 1.82) is 0 Å². The van der Waals surface area contributed by atoms with Crippen molar-refractivity contribution in [3.63, 3.8) is 0 Å². The molecule has 0 spiro atoms. The molecular formula is C8H18AlF4NO. The fraction of sp³-hybridized carbons (Fsp3) is 1.00. The van der Waals surface area contributed by atoms with Crippen molar-refractivity contribution in [2.75, 3.05) is 20.2 Å². The molecule has 0 bridgehead atoms. The highest BCUT2D eigenvalue weighted by Gasteiger charge is 2.41. The fourth-order valence-electron chi connectivity index (χ4n) is 1.68. The Morgan fingerprint density at radius 1 is 1.33 bits per heavy atom. The molecule has 0 radical (unpaired) electrons. The van der Waals surface area contributed by atoms with Crippen LogP contribution in [0.15, 0.2) is 0 Å². The van der Waals surface area contributed by atoms with Crippen LogP contribution >= 0.6 is 0 Å². The van der Waals surface area contributed by atoms with Crippen molar-refractivity contribution in [3.8, 4) is 0 Å². The number of nitrogens with zero attached hydrogens (tertiary/aromatic N) is 1. The van der Waals surface area contributed by atoms with Crippen molar-refractivity contribution < 1.29 is 23.6 Å². The van der Waals surface area contributed by atoms with Gasteiger partial charge in [0.1, 0.15) is 19.2 Å². The van der Waals surface area contributed by atoms with Crippen LogP contribution in [-0.2, 0) is 4.84 Å². The summed E-state index contributed by atoms with van der Waals surface area (Å²) in [5.41, 5.74) is 0. The van der Waals surface area contributed by atoms with Gasteiger partial charge in [0.15, 0.2) is 0 Å². The molecule has 0 amide bonds. The van der Waals surface area contributed by atoms with Crippen molar-refractivity contribution in [2.24, 2.45) is 0 Å². The van der Waals surface area contributed by atoms with Crippen LogP contribution in [0.1, 0.15) is 26.7 Å². The van der Waals surface area contributed by atoms with Gasteiger partial charge < -0.3 is 14.1 Å². The highest BCUT2D eigenvalue weighted by molar-refractivity contribution is 6.50. The van der Waals surface area contributed by atoms with E-state index in [-0.39, 0.29) is 0 Å². The minimum absolute atomic E-state index is 0.694. The quantitative estimate of drug-likeness (QED) is 0.414. The number of quaternary nitrogens is 1. The second-order valence-electron chi connectivity index (χ2n) is 3.80. The molecule has 0 saturated carbocycles. The molecule has 0 aromatic carbocycles. The third-order valence-electron chi connectivity index (χ3n) is 2.58. The fourth-order valence-corrected chi connectivity index (χ4v) is 1.68. The van der Waals surface area contributed by atoms with E-state index >= 15 is 0 Å². The first-order valence-electron chi connectivity index (χ1n) is 5.06. The van der Waals surface area contributed by atoms with Crippen LogP contribution in [0.2, 0.25) is 0 Å². The molecule has 0 aliphatic carbocycles. The summed E-state index contributed by atoms with van der Waals surface area (Å²) < 4.78 is 40.2. The van der Waals surface area contributed by atoms with Crippen LogP contribution in [0.5, 0.6) is 0 Å². The van der Waals surface area contributed by atoms with E-state index in [9.17, 15) is 14.1 Å². The van der Waals surface area contributed by atoms with Gasteiger partial charge in [-0.1, -0.05) is 0 Å². The summed E-state index contributed by atoms with van der Waals surface area (Å²) in [6.07, 6.45) is 2.63. The zero-order valence-electron chi connectivity index (χ0n) is 9.35. The van der Waals surface area contributed by atoms with Crippen LogP contribution < -0.4 is 0 Å². The Kier molecular flexibility index (Phi) is 6.11. The molecule has 1 heterocycles. The largest absolute Gasteiger partial charge is 1.04 e. The molecule has 92 valence electrons. The topological polar surface area (TPSA) is 9.23 Å². The lowest BCUT2D eigenvalue weighted by Crippen LogP contribution is -2.46. The molecule has 2 atom stereocenters. The summed E-state index contributed by atoms with van der Waals surface area (Å²) >= 11 is -6.83. The van der Waals surface area contributed by atoms with Crippen LogP contribution in [-0.4, -0.2) is 45.8 Å². The third-order valence-corrected chi connectivity index (χ3v) is 2.58. The summed E-state index contributed by atoms with van der Waals surface area (Å²) in [4.78, 5) is 5.64. The minimum atomic E-state index is -6.83. The lowest BCUT2D eigenvalue weighted by atomic mass is 10.2.